The number of aromatic hydroxyl groups is 1. The fraction of sp³-hybridized carbons (Fsp3) is 0.600. The first-order valence-electron chi connectivity index (χ1n) is 7.25. The predicted octanol–water partition coefficient (Wildman–Crippen LogP) is 3.27. The van der Waals surface area contributed by atoms with Crippen LogP contribution in [0.25, 0.3) is 0 Å². The summed E-state index contributed by atoms with van der Waals surface area (Å²) in [5, 5.41) is 14.2. The second-order valence-corrected chi connectivity index (χ2v) is 6.75. The third kappa shape index (κ3) is 3.40. The molecular formula is C15H20Cl2N2O. The molecule has 0 aromatic heterocycles. The average Bonchev–Trinajstić information content (AvgIpc) is 3.15. The number of likely N-dealkylation sites (tertiary alicyclic amines) is 1. The molecule has 20 heavy (non-hydrogen) atoms. The molecule has 1 aromatic carbocycles. The van der Waals surface area contributed by atoms with E-state index in [4.69, 9.17) is 23.2 Å². The molecule has 110 valence electrons. The molecule has 1 unspecified atom stereocenters. The van der Waals surface area contributed by atoms with Gasteiger partial charge in [0.25, 0.3) is 0 Å². The van der Waals surface area contributed by atoms with Crippen molar-refractivity contribution >= 4 is 23.2 Å². The number of halogens is 2. The van der Waals surface area contributed by atoms with Crippen LogP contribution in [0.3, 0.4) is 0 Å². The van der Waals surface area contributed by atoms with Crippen molar-refractivity contribution < 1.29 is 5.11 Å². The van der Waals surface area contributed by atoms with E-state index in [0.717, 1.165) is 18.2 Å². The van der Waals surface area contributed by atoms with Crippen LogP contribution in [0.5, 0.6) is 5.75 Å². The van der Waals surface area contributed by atoms with Crippen LogP contribution >= 0.6 is 23.2 Å². The first-order valence-corrected chi connectivity index (χ1v) is 8.00. The summed E-state index contributed by atoms with van der Waals surface area (Å²) in [5.74, 6) is 0.849. The molecule has 2 N–H and O–H groups in total. The lowest BCUT2D eigenvalue weighted by atomic mass is 10.1. The van der Waals surface area contributed by atoms with Crippen LogP contribution in [0.15, 0.2) is 12.1 Å². The molecule has 5 heteroatoms. The second kappa shape index (κ2) is 6.10. The zero-order chi connectivity index (χ0) is 14.1. The Hall–Kier alpha value is -0.480. The highest BCUT2D eigenvalue weighted by atomic mass is 35.5. The first kappa shape index (κ1) is 14.5. The Morgan fingerprint density at radius 3 is 2.80 bits per heavy atom. The molecule has 1 atom stereocenters. The van der Waals surface area contributed by atoms with Crippen molar-refractivity contribution in [3.05, 3.63) is 27.7 Å². The molecule has 0 spiro atoms. The number of nitrogens with zero attached hydrogens (tertiary/aromatic N) is 1. The van der Waals surface area contributed by atoms with Gasteiger partial charge in [0.15, 0.2) is 0 Å². The summed E-state index contributed by atoms with van der Waals surface area (Å²) in [5.41, 5.74) is 0.763. The Labute approximate surface area is 129 Å². The van der Waals surface area contributed by atoms with Crippen LogP contribution in [0.4, 0.5) is 0 Å². The first-order chi connectivity index (χ1) is 9.63. The quantitative estimate of drug-likeness (QED) is 0.875. The fourth-order valence-corrected chi connectivity index (χ4v) is 3.50. The van der Waals surface area contributed by atoms with Crippen LogP contribution < -0.4 is 5.32 Å². The molecule has 1 aliphatic carbocycles. The minimum absolute atomic E-state index is 0.134. The molecule has 3 nitrogen and oxygen atoms in total. The van der Waals surface area contributed by atoms with E-state index >= 15 is 0 Å². The van der Waals surface area contributed by atoms with Gasteiger partial charge in [-0.05, 0) is 50.4 Å². The molecule has 1 saturated heterocycles. The Bertz CT molecular complexity index is 491. The number of phenols is 1. The predicted molar refractivity (Wildman–Crippen MR) is 82.5 cm³/mol. The van der Waals surface area contributed by atoms with E-state index in [1.54, 1.807) is 12.1 Å². The minimum atomic E-state index is 0.134. The van der Waals surface area contributed by atoms with Crippen molar-refractivity contribution in [1.82, 2.24) is 10.2 Å². The van der Waals surface area contributed by atoms with Crippen LogP contribution in [-0.4, -0.2) is 35.7 Å². The van der Waals surface area contributed by atoms with Gasteiger partial charge in [0, 0.05) is 29.7 Å². The van der Waals surface area contributed by atoms with Gasteiger partial charge in [-0.15, -0.1) is 0 Å². The molecule has 0 radical (unpaired) electrons. The maximum Gasteiger partial charge on any atom is 0.138 e. The van der Waals surface area contributed by atoms with Crippen LogP contribution in [0.2, 0.25) is 10.0 Å². The Balaban J connectivity index is 1.48. The maximum atomic E-state index is 9.90. The summed E-state index contributed by atoms with van der Waals surface area (Å²) in [4.78, 5) is 2.61. The summed E-state index contributed by atoms with van der Waals surface area (Å²) in [6.45, 7) is 4.03. The van der Waals surface area contributed by atoms with E-state index in [0.29, 0.717) is 22.5 Å². The zero-order valence-corrected chi connectivity index (χ0v) is 12.9. The van der Waals surface area contributed by atoms with E-state index in [1.165, 1.54) is 32.4 Å². The van der Waals surface area contributed by atoms with Gasteiger partial charge in [-0.3, -0.25) is 0 Å². The molecule has 0 amide bonds. The van der Waals surface area contributed by atoms with E-state index in [-0.39, 0.29) is 5.75 Å². The van der Waals surface area contributed by atoms with Gasteiger partial charge in [0.1, 0.15) is 5.75 Å². The summed E-state index contributed by atoms with van der Waals surface area (Å²) in [6, 6.07) is 4.20. The highest BCUT2D eigenvalue weighted by Crippen LogP contribution is 2.32. The lowest BCUT2D eigenvalue weighted by molar-refractivity contribution is 0.311. The highest BCUT2D eigenvalue weighted by Gasteiger charge is 2.33. The van der Waals surface area contributed by atoms with E-state index < -0.39 is 0 Å². The van der Waals surface area contributed by atoms with Crippen LogP contribution in [0, 0.1) is 5.92 Å². The van der Waals surface area contributed by atoms with Gasteiger partial charge in [-0.1, -0.05) is 23.2 Å². The van der Waals surface area contributed by atoms with Gasteiger partial charge >= 0.3 is 0 Å². The number of benzene rings is 1. The van der Waals surface area contributed by atoms with Crippen LogP contribution in [-0.2, 0) is 6.54 Å². The standard InChI is InChI=1S/C15H20Cl2N2O/c16-12-5-11(15(20)14(17)6-12)8-18-7-10-3-4-19(9-10)13-1-2-13/h5-6,10,13,18,20H,1-4,7-9H2. The Kier molecular flexibility index (Phi) is 4.41. The molecule has 1 aliphatic heterocycles. The summed E-state index contributed by atoms with van der Waals surface area (Å²) in [7, 11) is 0. The number of rotatable bonds is 5. The van der Waals surface area contributed by atoms with Crippen molar-refractivity contribution in [2.45, 2.75) is 31.8 Å². The molecule has 2 aliphatic rings. The van der Waals surface area contributed by atoms with Gasteiger partial charge < -0.3 is 15.3 Å². The van der Waals surface area contributed by atoms with Crippen molar-refractivity contribution in [3.8, 4) is 5.75 Å². The van der Waals surface area contributed by atoms with Crippen molar-refractivity contribution in [3.63, 3.8) is 0 Å². The van der Waals surface area contributed by atoms with E-state index in [9.17, 15) is 5.11 Å². The zero-order valence-electron chi connectivity index (χ0n) is 11.4. The number of nitrogens with one attached hydrogen (secondary N) is 1. The molecule has 1 aromatic rings. The monoisotopic (exact) mass is 314 g/mol. The number of hydrogen-bond acceptors (Lipinski definition) is 3. The van der Waals surface area contributed by atoms with Crippen molar-refractivity contribution in [2.24, 2.45) is 5.92 Å². The van der Waals surface area contributed by atoms with Gasteiger partial charge in [0.05, 0.1) is 5.02 Å². The molecule has 0 bridgehead atoms. The third-order valence-electron chi connectivity index (χ3n) is 4.24. The summed E-state index contributed by atoms with van der Waals surface area (Å²) >= 11 is 11.9. The highest BCUT2D eigenvalue weighted by molar-refractivity contribution is 6.35. The maximum absolute atomic E-state index is 9.90. The van der Waals surface area contributed by atoms with Gasteiger partial charge in [0.2, 0.25) is 0 Å². The number of hydrogen-bond donors (Lipinski definition) is 2. The lowest BCUT2D eigenvalue weighted by Gasteiger charge is -2.15. The summed E-state index contributed by atoms with van der Waals surface area (Å²) in [6.07, 6.45) is 4.04. The average molecular weight is 315 g/mol. The van der Waals surface area contributed by atoms with Crippen molar-refractivity contribution in [1.29, 1.82) is 0 Å². The number of phenolic OH excluding ortho intramolecular Hbond substituents is 1. The van der Waals surface area contributed by atoms with E-state index in [1.807, 2.05) is 0 Å². The van der Waals surface area contributed by atoms with Gasteiger partial charge in [-0.25, -0.2) is 0 Å². The van der Waals surface area contributed by atoms with Crippen molar-refractivity contribution in [2.75, 3.05) is 19.6 Å². The molecule has 1 heterocycles. The smallest absolute Gasteiger partial charge is 0.138 e. The molecule has 1 saturated carbocycles. The topological polar surface area (TPSA) is 35.5 Å². The largest absolute Gasteiger partial charge is 0.506 e. The van der Waals surface area contributed by atoms with Gasteiger partial charge in [-0.2, -0.15) is 0 Å². The third-order valence-corrected chi connectivity index (χ3v) is 4.74. The summed E-state index contributed by atoms with van der Waals surface area (Å²) < 4.78 is 0. The molecular weight excluding hydrogens is 295 g/mol. The fourth-order valence-electron chi connectivity index (χ4n) is 2.97. The SMILES string of the molecule is Oc1c(Cl)cc(Cl)cc1CNCC1CCN(C2CC2)C1. The lowest BCUT2D eigenvalue weighted by Crippen LogP contribution is -2.27. The molecule has 2 fully saturated rings. The van der Waals surface area contributed by atoms with Crippen LogP contribution in [0.1, 0.15) is 24.8 Å². The normalized spacial score (nSPS) is 23.4. The second-order valence-electron chi connectivity index (χ2n) is 5.91. The minimum Gasteiger partial charge on any atom is -0.506 e. The van der Waals surface area contributed by atoms with E-state index in [2.05, 4.69) is 10.2 Å². The Morgan fingerprint density at radius 2 is 2.05 bits per heavy atom. The Morgan fingerprint density at radius 1 is 1.25 bits per heavy atom. The molecule has 3 rings (SSSR count).